The number of likely N-dealkylation sites (N-methyl/N-ethyl adjacent to an activating group) is 1. The quantitative estimate of drug-likeness (QED) is 0.805. The van der Waals surface area contributed by atoms with Gasteiger partial charge in [-0.25, -0.2) is 9.78 Å². The van der Waals surface area contributed by atoms with Crippen molar-refractivity contribution in [1.29, 1.82) is 0 Å². The molecule has 0 aliphatic carbocycles. The van der Waals surface area contributed by atoms with Gasteiger partial charge >= 0.3 is 5.97 Å². The van der Waals surface area contributed by atoms with Gasteiger partial charge in [-0.2, -0.15) is 0 Å². The lowest BCUT2D eigenvalue weighted by molar-refractivity contribution is -0.120. The van der Waals surface area contributed by atoms with Crippen LogP contribution in [-0.4, -0.2) is 41.1 Å². The number of aromatic carboxylic acids is 1. The molecular formula is C13H19N3O3. The third-order valence-electron chi connectivity index (χ3n) is 2.48. The van der Waals surface area contributed by atoms with Crippen molar-refractivity contribution >= 4 is 17.7 Å². The fourth-order valence-corrected chi connectivity index (χ4v) is 1.62. The summed E-state index contributed by atoms with van der Waals surface area (Å²) in [5.41, 5.74) is 0.160. The van der Waals surface area contributed by atoms with Gasteiger partial charge in [0.2, 0.25) is 5.91 Å². The summed E-state index contributed by atoms with van der Waals surface area (Å²) in [6, 6.07) is 2.96. The normalized spacial score (nSPS) is 10.3. The standard InChI is InChI=1S/C13H19N3O3/c1-4-16(8-12(17)15-9(2)3)11-7-10(13(18)19)5-6-14-11/h5-7,9H,4,8H2,1-3H3,(H,15,17)(H,18,19). The second kappa shape index (κ2) is 6.72. The monoisotopic (exact) mass is 265 g/mol. The van der Waals surface area contributed by atoms with E-state index in [1.165, 1.54) is 18.3 Å². The molecule has 104 valence electrons. The van der Waals surface area contributed by atoms with Crippen molar-refractivity contribution in [2.45, 2.75) is 26.8 Å². The molecule has 0 aliphatic rings. The molecule has 2 N–H and O–H groups in total. The Hall–Kier alpha value is -2.11. The van der Waals surface area contributed by atoms with Crippen LogP contribution in [0.25, 0.3) is 0 Å². The Labute approximate surface area is 112 Å². The Bertz CT molecular complexity index is 460. The van der Waals surface area contributed by atoms with Crippen molar-refractivity contribution < 1.29 is 14.7 Å². The van der Waals surface area contributed by atoms with Gasteiger partial charge in [-0.3, -0.25) is 4.79 Å². The Morgan fingerprint density at radius 1 is 1.47 bits per heavy atom. The van der Waals surface area contributed by atoms with Crippen LogP contribution in [0.5, 0.6) is 0 Å². The minimum Gasteiger partial charge on any atom is -0.478 e. The zero-order chi connectivity index (χ0) is 14.4. The van der Waals surface area contributed by atoms with Gasteiger partial charge < -0.3 is 15.3 Å². The molecule has 1 rings (SSSR count). The SMILES string of the molecule is CCN(CC(=O)NC(C)C)c1cc(C(=O)O)ccn1. The van der Waals surface area contributed by atoms with E-state index in [-0.39, 0.29) is 24.1 Å². The predicted molar refractivity (Wildman–Crippen MR) is 72.4 cm³/mol. The molecule has 0 radical (unpaired) electrons. The average Bonchev–Trinajstić information content (AvgIpc) is 2.35. The third kappa shape index (κ3) is 4.57. The highest BCUT2D eigenvalue weighted by Crippen LogP contribution is 2.12. The van der Waals surface area contributed by atoms with Crippen LogP contribution in [0.3, 0.4) is 0 Å². The van der Waals surface area contributed by atoms with Gasteiger partial charge in [-0.05, 0) is 32.9 Å². The number of pyridine rings is 1. The summed E-state index contributed by atoms with van der Waals surface area (Å²) in [6.07, 6.45) is 1.43. The number of hydrogen-bond donors (Lipinski definition) is 2. The smallest absolute Gasteiger partial charge is 0.335 e. The molecule has 1 aromatic heterocycles. The average molecular weight is 265 g/mol. The zero-order valence-electron chi connectivity index (χ0n) is 11.4. The van der Waals surface area contributed by atoms with Crippen LogP contribution in [-0.2, 0) is 4.79 Å². The van der Waals surface area contributed by atoms with Crippen molar-refractivity contribution in [3.05, 3.63) is 23.9 Å². The number of carbonyl (C=O) groups excluding carboxylic acids is 1. The Morgan fingerprint density at radius 2 is 2.16 bits per heavy atom. The molecule has 6 heteroatoms. The highest BCUT2D eigenvalue weighted by Gasteiger charge is 2.13. The lowest BCUT2D eigenvalue weighted by Crippen LogP contribution is -2.40. The lowest BCUT2D eigenvalue weighted by Gasteiger charge is -2.22. The summed E-state index contributed by atoms with van der Waals surface area (Å²) in [5, 5.41) is 11.7. The van der Waals surface area contributed by atoms with Gasteiger partial charge in [-0.1, -0.05) is 0 Å². The largest absolute Gasteiger partial charge is 0.478 e. The predicted octanol–water partition coefficient (Wildman–Crippen LogP) is 1.13. The first kappa shape index (κ1) is 14.9. The Balaban J connectivity index is 2.82. The number of hydrogen-bond acceptors (Lipinski definition) is 4. The van der Waals surface area contributed by atoms with E-state index in [0.29, 0.717) is 12.4 Å². The number of nitrogens with one attached hydrogen (secondary N) is 1. The molecule has 0 atom stereocenters. The minimum atomic E-state index is -1.01. The van der Waals surface area contributed by atoms with Crippen LogP contribution in [0.4, 0.5) is 5.82 Å². The summed E-state index contributed by atoms with van der Waals surface area (Å²) < 4.78 is 0. The molecule has 1 amide bonds. The second-order valence-corrected chi connectivity index (χ2v) is 4.44. The highest BCUT2D eigenvalue weighted by atomic mass is 16.4. The molecule has 0 bridgehead atoms. The van der Waals surface area contributed by atoms with Crippen molar-refractivity contribution in [3.8, 4) is 0 Å². The third-order valence-corrected chi connectivity index (χ3v) is 2.48. The number of carboxylic acid groups (broad SMARTS) is 1. The van der Waals surface area contributed by atoms with Crippen LogP contribution in [0.15, 0.2) is 18.3 Å². The maximum absolute atomic E-state index is 11.7. The maximum atomic E-state index is 11.7. The number of amides is 1. The number of carbonyl (C=O) groups is 2. The van der Waals surface area contributed by atoms with E-state index in [2.05, 4.69) is 10.3 Å². The molecular weight excluding hydrogens is 246 g/mol. The van der Waals surface area contributed by atoms with Crippen LogP contribution in [0, 0.1) is 0 Å². The first-order valence-corrected chi connectivity index (χ1v) is 6.17. The van der Waals surface area contributed by atoms with Crippen molar-refractivity contribution in [2.24, 2.45) is 0 Å². The van der Waals surface area contributed by atoms with Gasteiger partial charge in [0.15, 0.2) is 0 Å². The Kier molecular flexibility index (Phi) is 5.29. The van der Waals surface area contributed by atoms with E-state index in [0.717, 1.165) is 0 Å². The van der Waals surface area contributed by atoms with Gasteiger partial charge in [0.05, 0.1) is 12.1 Å². The van der Waals surface area contributed by atoms with Gasteiger partial charge in [0, 0.05) is 18.8 Å². The topological polar surface area (TPSA) is 82.5 Å². The fraction of sp³-hybridized carbons (Fsp3) is 0.462. The first-order chi connectivity index (χ1) is 8.93. The summed E-state index contributed by atoms with van der Waals surface area (Å²) in [4.78, 5) is 28.5. The maximum Gasteiger partial charge on any atom is 0.335 e. The molecule has 19 heavy (non-hydrogen) atoms. The lowest BCUT2D eigenvalue weighted by atomic mass is 10.2. The van der Waals surface area contributed by atoms with Crippen molar-refractivity contribution in [3.63, 3.8) is 0 Å². The fourth-order valence-electron chi connectivity index (χ4n) is 1.62. The number of rotatable bonds is 6. The van der Waals surface area contributed by atoms with Gasteiger partial charge in [0.1, 0.15) is 5.82 Å². The Morgan fingerprint density at radius 3 is 2.68 bits per heavy atom. The molecule has 0 saturated heterocycles. The summed E-state index contributed by atoms with van der Waals surface area (Å²) in [7, 11) is 0. The number of aromatic nitrogens is 1. The van der Waals surface area contributed by atoms with E-state index >= 15 is 0 Å². The van der Waals surface area contributed by atoms with E-state index in [9.17, 15) is 9.59 Å². The summed E-state index contributed by atoms with van der Waals surface area (Å²) in [6.45, 7) is 6.39. The van der Waals surface area contributed by atoms with Gasteiger partial charge in [0.25, 0.3) is 0 Å². The van der Waals surface area contributed by atoms with E-state index < -0.39 is 5.97 Å². The molecule has 0 spiro atoms. The van der Waals surface area contributed by atoms with Crippen LogP contribution in [0.2, 0.25) is 0 Å². The molecule has 6 nitrogen and oxygen atoms in total. The number of nitrogens with zero attached hydrogens (tertiary/aromatic N) is 2. The molecule has 0 aliphatic heterocycles. The molecule has 0 saturated carbocycles. The molecule has 1 heterocycles. The second-order valence-electron chi connectivity index (χ2n) is 4.44. The number of carboxylic acids is 1. The number of anilines is 1. The van der Waals surface area contributed by atoms with E-state index in [1.54, 1.807) is 4.90 Å². The van der Waals surface area contributed by atoms with Crippen LogP contribution in [0.1, 0.15) is 31.1 Å². The van der Waals surface area contributed by atoms with Crippen molar-refractivity contribution in [2.75, 3.05) is 18.0 Å². The van der Waals surface area contributed by atoms with Crippen LogP contribution < -0.4 is 10.2 Å². The minimum absolute atomic E-state index is 0.0736. The summed E-state index contributed by atoms with van der Waals surface area (Å²) >= 11 is 0. The summed E-state index contributed by atoms with van der Waals surface area (Å²) in [5.74, 6) is -0.632. The molecule has 1 aromatic rings. The molecule has 0 fully saturated rings. The molecule has 0 aromatic carbocycles. The van der Waals surface area contributed by atoms with Crippen molar-refractivity contribution in [1.82, 2.24) is 10.3 Å². The first-order valence-electron chi connectivity index (χ1n) is 6.17. The highest BCUT2D eigenvalue weighted by molar-refractivity contribution is 5.88. The van der Waals surface area contributed by atoms with E-state index in [4.69, 9.17) is 5.11 Å². The zero-order valence-corrected chi connectivity index (χ0v) is 11.4. The van der Waals surface area contributed by atoms with E-state index in [1.807, 2.05) is 20.8 Å². The van der Waals surface area contributed by atoms with Gasteiger partial charge in [-0.15, -0.1) is 0 Å². The van der Waals surface area contributed by atoms with Crippen LogP contribution >= 0.6 is 0 Å². The molecule has 0 unspecified atom stereocenters.